The molecule has 0 spiro atoms. The van der Waals surface area contributed by atoms with Gasteiger partial charge in [0.25, 0.3) is 0 Å². The number of nitrogens with one attached hydrogen (secondary N) is 1. The van der Waals surface area contributed by atoms with E-state index in [1.807, 2.05) is 48.5 Å². The van der Waals surface area contributed by atoms with Crippen LogP contribution in [-0.2, 0) is 30.2 Å². The van der Waals surface area contributed by atoms with Gasteiger partial charge in [-0.05, 0) is 49.1 Å². The molecule has 5 rings (SSSR count). The quantitative estimate of drug-likeness (QED) is 0.115. The lowest BCUT2D eigenvalue weighted by molar-refractivity contribution is -0.165. The monoisotopic (exact) mass is 657 g/mol. The van der Waals surface area contributed by atoms with Crippen LogP contribution in [-0.4, -0.2) is 62.2 Å². The largest absolute Gasteiger partial charge is 0.733 e. The molecule has 250 valence electrons. The molecule has 1 aromatic heterocycles. The molecule has 3 N–H and O–H groups in total. The summed E-state index contributed by atoms with van der Waals surface area (Å²) in [5.74, 6) is -2.69. The summed E-state index contributed by atoms with van der Waals surface area (Å²) in [4.78, 5) is 55.4. The fourth-order valence-electron chi connectivity index (χ4n) is 5.46. The van der Waals surface area contributed by atoms with Gasteiger partial charge in [-0.1, -0.05) is 66.7 Å². The first kappa shape index (κ1) is 33.6. The number of carboxylic acid groups (broad SMARTS) is 1. The third kappa shape index (κ3) is 7.45. The Labute approximate surface area is 275 Å². The molecule has 4 aromatic rings. The Bertz CT molecular complexity index is 1780. The van der Waals surface area contributed by atoms with Crippen LogP contribution in [0.2, 0.25) is 0 Å². The highest BCUT2D eigenvalue weighted by molar-refractivity contribution is 5.84. The van der Waals surface area contributed by atoms with Gasteiger partial charge in [-0.3, -0.25) is 5.21 Å². The molecule has 0 saturated heterocycles. The summed E-state index contributed by atoms with van der Waals surface area (Å²) in [6.45, 7) is 4.72. The van der Waals surface area contributed by atoms with Gasteiger partial charge in [0, 0.05) is 24.1 Å². The number of aliphatic carboxylic acids is 1. The number of nitrogens with zero attached hydrogens (tertiary/aromatic N) is 3. The molecule has 14 nitrogen and oxygen atoms in total. The van der Waals surface area contributed by atoms with E-state index >= 15 is 0 Å². The predicted octanol–water partition coefficient (Wildman–Crippen LogP) is 5.18. The van der Waals surface area contributed by atoms with Gasteiger partial charge in [-0.15, -0.1) is 0 Å². The van der Waals surface area contributed by atoms with E-state index in [-0.39, 0.29) is 29.5 Å². The highest BCUT2D eigenvalue weighted by Gasteiger charge is 2.34. The zero-order valence-corrected chi connectivity index (χ0v) is 26.2. The number of ether oxygens (including phenoxy) is 3. The zero-order chi connectivity index (χ0) is 34.6. The Balaban J connectivity index is 1.29. The Kier molecular flexibility index (Phi) is 9.77. The van der Waals surface area contributed by atoms with Crippen molar-refractivity contribution in [2.45, 2.75) is 50.9 Å². The first-order valence-corrected chi connectivity index (χ1v) is 14.9. The van der Waals surface area contributed by atoms with Gasteiger partial charge in [0.1, 0.15) is 24.6 Å². The van der Waals surface area contributed by atoms with E-state index in [1.54, 1.807) is 20.8 Å². The average molecular weight is 658 g/mol. The molecule has 1 aliphatic rings. The van der Waals surface area contributed by atoms with Crippen LogP contribution in [0.1, 0.15) is 55.2 Å². The van der Waals surface area contributed by atoms with Gasteiger partial charge in [-0.25, -0.2) is 28.7 Å². The molecule has 0 bridgehead atoms. The number of carbonyl (C=O) groups excluding carboxylic acids is 3. The first-order chi connectivity index (χ1) is 22.8. The second-order valence-corrected chi connectivity index (χ2v) is 11.9. The molecular formula is C34H33N4O10-. The van der Waals surface area contributed by atoms with Gasteiger partial charge < -0.3 is 35.1 Å². The number of aromatic nitrogens is 2. The Morgan fingerprint density at radius 2 is 1.58 bits per heavy atom. The maximum atomic E-state index is 13.4. The molecule has 0 saturated carbocycles. The number of benzene rings is 3. The van der Waals surface area contributed by atoms with Crippen LogP contribution < -0.4 is 10.5 Å². The summed E-state index contributed by atoms with van der Waals surface area (Å²) in [6, 6.07) is 19.4. The molecule has 1 heterocycles. The number of hydrogen-bond donors (Lipinski definition) is 3. The third-order valence-corrected chi connectivity index (χ3v) is 7.52. The van der Waals surface area contributed by atoms with Crippen molar-refractivity contribution in [2.24, 2.45) is 0 Å². The average Bonchev–Trinajstić information content (AvgIpc) is 3.64. The lowest BCUT2D eigenvalue weighted by Gasteiger charge is -2.29. The number of imidazole rings is 1. The van der Waals surface area contributed by atoms with Gasteiger partial charge in [0.2, 0.25) is 6.10 Å². The molecule has 3 aromatic carbocycles. The van der Waals surface area contributed by atoms with Crippen LogP contribution in [0, 0.1) is 5.21 Å². The van der Waals surface area contributed by atoms with Crippen molar-refractivity contribution in [1.82, 2.24) is 14.9 Å². The minimum atomic E-state index is -1.80. The minimum absolute atomic E-state index is 0.00943. The number of alkyl carbamates (subject to hydrolysis) is 1. The lowest BCUT2D eigenvalue weighted by atomic mass is 9.98. The number of para-hydroxylation sites is 1. The van der Waals surface area contributed by atoms with Crippen LogP contribution in [0.25, 0.3) is 11.1 Å². The number of hydrogen-bond acceptors (Lipinski definition) is 11. The molecule has 0 aliphatic heterocycles. The van der Waals surface area contributed by atoms with E-state index < -0.39 is 53.5 Å². The number of fused-ring (bicyclic) bond motifs is 3. The standard InChI is InChI=1S/C34H33N4O10/c1-34(2,3)48-31(41)29(25-14-8-9-15-28(25)38(44)45)47-33(43)37-19-35-17-20(37)16-27(30(39)40)36-32(42)46-18-26-23-12-6-4-10-21(23)22-11-5-7-13-24(22)26/h4-15,17,19,26-27,29,44H,16,18H2,1-3H3,(H,36,42)(H,39,40)/q-1/t27-,29?/m1/s1. The van der Waals surface area contributed by atoms with Crippen molar-refractivity contribution >= 4 is 29.8 Å². The van der Waals surface area contributed by atoms with Crippen LogP contribution in [0.5, 0.6) is 0 Å². The Hall–Kier alpha value is -5.73. The fourth-order valence-corrected chi connectivity index (χ4v) is 5.46. The number of carboxylic acids is 1. The van der Waals surface area contributed by atoms with Crippen LogP contribution in [0.4, 0.5) is 15.3 Å². The topological polar surface area (TPSA) is 193 Å². The molecule has 0 fully saturated rings. The van der Waals surface area contributed by atoms with Crippen molar-refractivity contribution in [3.05, 3.63) is 113 Å². The number of carbonyl (C=O) groups is 4. The van der Waals surface area contributed by atoms with E-state index in [2.05, 4.69) is 10.3 Å². The van der Waals surface area contributed by atoms with Crippen LogP contribution in [0.3, 0.4) is 0 Å². The number of esters is 1. The molecule has 1 aliphatic carbocycles. The SMILES string of the molecule is CC(C)(C)OC(=O)C(OC(=O)n1cncc1C[C@@H](NC(=O)OCC1c2ccccc2-c2ccccc21)C(=O)O)c1ccccc1N([O-])O. The summed E-state index contributed by atoms with van der Waals surface area (Å²) in [5, 5.41) is 33.2. The molecule has 0 radical (unpaired) electrons. The zero-order valence-electron chi connectivity index (χ0n) is 26.2. The second-order valence-electron chi connectivity index (χ2n) is 11.9. The maximum absolute atomic E-state index is 13.4. The summed E-state index contributed by atoms with van der Waals surface area (Å²) in [6.07, 6.45) is -2.15. The van der Waals surface area contributed by atoms with Gasteiger partial charge in [-0.2, -0.15) is 0 Å². The highest BCUT2D eigenvalue weighted by Crippen LogP contribution is 2.44. The fraction of sp³-hybridized carbons (Fsp3) is 0.265. The number of anilines is 1. The first-order valence-electron chi connectivity index (χ1n) is 14.9. The summed E-state index contributed by atoms with van der Waals surface area (Å²) < 4.78 is 17.2. The van der Waals surface area contributed by atoms with Gasteiger partial charge >= 0.3 is 24.1 Å². The Morgan fingerprint density at radius 3 is 2.19 bits per heavy atom. The Morgan fingerprint density at radius 1 is 0.979 bits per heavy atom. The van der Waals surface area contributed by atoms with E-state index in [4.69, 9.17) is 14.2 Å². The molecule has 1 amide bonds. The van der Waals surface area contributed by atoms with Crippen molar-refractivity contribution in [2.75, 3.05) is 11.8 Å². The smallest absolute Gasteiger partial charge is 0.420 e. The van der Waals surface area contributed by atoms with E-state index in [0.29, 0.717) is 0 Å². The van der Waals surface area contributed by atoms with Crippen molar-refractivity contribution in [1.29, 1.82) is 0 Å². The number of amides is 1. The van der Waals surface area contributed by atoms with Crippen molar-refractivity contribution < 1.29 is 43.7 Å². The lowest BCUT2D eigenvalue weighted by Crippen LogP contribution is -2.43. The normalized spacial score (nSPS) is 13.4. The maximum Gasteiger partial charge on any atom is 0.420 e. The summed E-state index contributed by atoms with van der Waals surface area (Å²) in [7, 11) is 0. The van der Waals surface area contributed by atoms with Crippen molar-refractivity contribution in [3.8, 4) is 11.1 Å². The van der Waals surface area contributed by atoms with E-state index in [0.717, 1.165) is 33.1 Å². The predicted molar refractivity (Wildman–Crippen MR) is 170 cm³/mol. The van der Waals surface area contributed by atoms with E-state index in [1.165, 1.54) is 30.5 Å². The molecule has 48 heavy (non-hydrogen) atoms. The van der Waals surface area contributed by atoms with Gasteiger partial charge in [0.05, 0.1) is 11.4 Å². The van der Waals surface area contributed by atoms with E-state index in [9.17, 15) is 34.7 Å². The van der Waals surface area contributed by atoms with Crippen LogP contribution in [0.15, 0.2) is 85.3 Å². The third-order valence-electron chi connectivity index (χ3n) is 7.52. The summed E-state index contributed by atoms with van der Waals surface area (Å²) >= 11 is 0. The summed E-state index contributed by atoms with van der Waals surface area (Å²) in [5.41, 5.74) is 2.50. The van der Waals surface area contributed by atoms with Crippen molar-refractivity contribution in [3.63, 3.8) is 0 Å². The minimum Gasteiger partial charge on any atom is -0.733 e. The second kappa shape index (κ2) is 13.9. The molecule has 1 unspecified atom stereocenters. The van der Waals surface area contributed by atoms with Gasteiger partial charge in [0.15, 0.2) is 0 Å². The highest BCUT2D eigenvalue weighted by atomic mass is 16.8. The number of rotatable bonds is 10. The molecule has 14 heteroatoms. The molecular weight excluding hydrogens is 624 g/mol. The molecule has 2 atom stereocenters. The van der Waals surface area contributed by atoms with Crippen LogP contribution >= 0.6 is 0 Å².